The molecule has 12 heavy (non-hydrogen) atoms. The zero-order valence-electron chi connectivity index (χ0n) is 6.41. The van der Waals surface area contributed by atoms with Crippen molar-refractivity contribution in [3.63, 3.8) is 0 Å². The van der Waals surface area contributed by atoms with Gasteiger partial charge in [-0.2, -0.15) is 0 Å². The van der Waals surface area contributed by atoms with E-state index in [1.54, 1.807) is 6.07 Å². The zero-order chi connectivity index (χ0) is 8.97. The first kappa shape index (κ1) is 8.52. The zero-order valence-corrected chi connectivity index (χ0v) is 6.41. The monoisotopic (exact) mass is 170 g/mol. The van der Waals surface area contributed by atoms with Crippen LogP contribution < -0.4 is 9.68 Å². The van der Waals surface area contributed by atoms with E-state index >= 15 is 0 Å². The molecule has 0 radical (unpaired) electrons. The Kier molecular flexibility index (Phi) is 2.63. The van der Waals surface area contributed by atoms with Gasteiger partial charge in [0.05, 0.1) is 12.7 Å². The number of aldehydes is 1. The van der Waals surface area contributed by atoms with Gasteiger partial charge in [-0.3, -0.25) is 9.74 Å². The van der Waals surface area contributed by atoms with Crippen LogP contribution in [0.25, 0.3) is 0 Å². The number of rotatable bonds is 3. The van der Waals surface area contributed by atoms with Crippen LogP contribution in [0.4, 0.5) is 4.53 Å². The van der Waals surface area contributed by atoms with Crippen molar-refractivity contribution in [2.75, 3.05) is 7.11 Å². The van der Waals surface area contributed by atoms with Gasteiger partial charge in [-0.15, -0.1) is 0 Å². The topological polar surface area (TPSA) is 35.5 Å². The summed E-state index contributed by atoms with van der Waals surface area (Å²) in [6.45, 7) is 0. The smallest absolute Gasteiger partial charge is 0.186 e. The Morgan fingerprint density at radius 3 is 2.75 bits per heavy atom. The molecule has 1 aromatic rings. The van der Waals surface area contributed by atoms with Crippen LogP contribution in [0, 0.1) is 0 Å². The lowest BCUT2D eigenvalue weighted by Crippen LogP contribution is -1.89. The van der Waals surface area contributed by atoms with Crippen molar-refractivity contribution in [2.24, 2.45) is 0 Å². The standard InChI is InChI=1S/C8H7FO3/c1-11-7-3-2-6(5-10)8(4-7)12-9/h2-5H,1H3. The second kappa shape index (κ2) is 3.71. The third-order valence-corrected chi connectivity index (χ3v) is 1.43. The molecule has 0 saturated heterocycles. The van der Waals surface area contributed by atoms with E-state index in [1.165, 1.54) is 19.2 Å². The first-order valence-corrected chi connectivity index (χ1v) is 3.23. The number of hydrogen-bond acceptors (Lipinski definition) is 3. The fraction of sp³-hybridized carbons (Fsp3) is 0.125. The summed E-state index contributed by atoms with van der Waals surface area (Å²) >= 11 is 0. The van der Waals surface area contributed by atoms with Crippen molar-refractivity contribution in [1.29, 1.82) is 0 Å². The summed E-state index contributed by atoms with van der Waals surface area (Å²) in [5.74, 6) is 0.303. The van der Waals surface area contributed by atoms with Crippen molar-refractivity contribution < 1.29 is 19.0 Å². The van der Waals surface area contributed by atoms with E-state index in [9.17, 15) is 9.32 Å². The number of ether oxygens (including phenoxy) is 1. The number of benzene rings is 1. The molecular formula is C8H7FO3. The normalized spacial score (nSPS) is 9.17. The highest BCUT2D eigenvalue weighted by atomic mass is 19.3. The van der Waals surface area contributed by atoms with Gasteiger partial charge in [0.1, 0.15) is 5.75 Å². The lowest BCUT2D eigenvalue weighted by Gasteiger charge is -2.01. The third-order valence-electron chi connectivity index (χ3n) is 1.43. The first-order valence-electron chi connectivity index (χ1n) is 3.23. The van der Waals surface area contributed by atoms with E-state index in [0.717, 1.165) is 0 Å². The van der Waals surface area contributed by atoms with Crippen molar-refractivity contribution in [3.05, 3.63) is 23.8 Å². The average Bonchev–Trinajstić information content (AvgIpc) is 2.16. The second-order valence-corrected chi connectivity index (χ2v) is 2.10. The molecule has 0 aliphatic carbocycles. The fourth-order valence-corrected chi connectivity index (χ4v) is 0.806. The predicted octanol–water partition coefficient (Wildman–Crippen LogP) is 1.77. The summed E-state index contributed by atoms with van der Waals surface area (Å²) in [7, 11) is 1.44. The Hall–Kier alpha value is -1.58. The predicted molar refractivity (Wildman–Crippen MR) is 40.1 cm³/mol. The van der Waals surface area contributed by atoms with Crippen LogP contribution in [0.3, 0.4) is 0 Å². The fourth-order valence-electron chi connectivity index (χ4n) is 0.806. The Labute approximate surface area is 68.6 Å². The van der Waals surface area contributed by atoms with Crippen molar-refractivity contribution in [1.82, 2.24) is 0 Å². The summed E-state index contributed by atoms with van der Waals surface area (Å²) in [5, 5.41) is 0. The van der Waals surface area contributed by atoms with Crippen LogP contribution >= 0.6 is 0 Å². The molecule has 0 spiro atoms. The third kappa shape index (κ3) is 1.53. The van der Waals surface area contributed by atoms with Crippen LogP contribution in [-0.2, 0) is 0 Å². The van der Waals surface area contributed by atoms with Gasteiger partial charge in [-0.05, 0) is 12.1 Å². The van der Waals surface area contributed by atoms with Gasteiger partial charge in [-0.1, -0.05) is 0 Å². The molecule has 0 N–H and O–H groups in total. The van der Waals surface area contributed by atoms with Gasteiger partial charge in [0, 0.05) is 10.6 Å². The largest absolute Gasteiger partial charge is 0.497 e. The van der Waals surface area contributed by atoms with Crippen LogP contribution in [0.15, 0.2) is 18.2 Å². The molecule has 1 rings (SSSR count). The molecule has 0 amide bonds. The van der Waals surface area contributed by atoms with Gasteiger partial charge >= 0.3 is 0 Å². The van der Waals surface area contributed by atoms with Gasteiger partial charge in [0.25, 0.3) is 0 Å². The summed E-state index contributed by atoms with van der Waals surface area (Å²) in [4.78, 5) is 13.8. The van der Waals surface area contributed by atoms with Crippen LogP contribution in [0.5, 0.6) is 11.5 Å². The number of halogens is 1. The highest BCUT2D eigenvalue weighted by molar-refractivity contribution is 5.79. The highest BCUT2D eigenvalue weighted by Crippen LogP contribution is 2.23. The Morgan fingerprint density at radius 2 is 2.25 bits per heavy atom. The van der Waals surface area contributed by atoms with Gasteiger partial charge in [0.15, 0.2) is 12.0 Å². The Morgan fingerprint density at radius 1 is 1.50 bits per heavy atom. The number of hydrogen-bond donors (Lipinski definition) is 0. The number of carbonyl (C=O) groups excluding carboxylic acids is 1. The molecule has 1 aromatic carbocycles. The molecule has 3 nitrogen and oxygen atoms in total. The molecule has 0 unspecified atom stereocenters. The lowest BCUT2D eigenvalue weighted by molar-refractivity contribution is -0.00704. The van der Waals surface area contributed by atoms with E-state index < -0.39 is 0 Å². The Bertz CT molecular complexity index is 286. The van der Waals surface area contributed by atoms with Crippen LogP contribution in [0.1, 0.15) is 10.4 Å². The molecule has 0 bridgehead atoms. The molecule has 0 aliphatic rings. The first-order chi connectivity index (χ1) is 5.81. The second-order valence-electron chi connectivity index (χ2n) is 2.10. The molecule has 0 heterocycles. The number of carbonyl (C=O) groups is 1. The van der Waals surface area contributed by atoms with E-state index in [2.05, 4.69) is 4.94 Å². The maximum Gasteiger partial charge on any atom is 0.186 e. The van der Waals surface area contributed by atoms with Gasteiger partial charge in [-0.25, -0.2) is 0 Å². The molecule has 0 saturated carbocycles. The molecule has 0 atom stereocenters. The van der Waals surface area contributed by atoms with Crippen molar-refractivity contribution in [2.45, 2.75) is 0 Å². The molecular weight excluding hydrogens is 163 g/mol. The quantitative estimate of drug-likeness (QED) is 0.648. The summed E-state index contributed by atoms with van der Waals surface area (Å²) in [6, 6.07) is 4.26. The summed E-state index contributed by atoms with van der Waals surface area (Å²) < 4.78 is 16.6. The minimum absolute atomic E-state index is 0.135. The van der Waals surface area contributed by atoms with Crippen molar-refractivity contribution in [3.8, 4) is 11.5 Å². The minimum atomic E-state index is -0.135. The average molecular weight is 170 g/mol. The SMILES string of the molecule is COc1ccc(C=O)c(OF)c1. The number of methoxy groups -OCH3 is 1. The van der Waals surface area contributed by atoms with E-state index in [0.29, 0.717) is 12.0 Å². The summed E-state index contributed by atoms with van der Waals surface area (Å²) in [5.41, 5.74) is 0.151. The molecule has 0 aromatic heterocycles. The van der Waals surface area contributed by atoms with Gasteiger partial charge in [0.2, 0.25) is 0 Å². The molecule has 64 valence electrons. The van der Waals surface area contributed by atoms with Crippen molar-refractivity contribution >= 4 is 6.29 Å². The maximum atomic E-state index is 11.8. The maximum absolute atomic E-state index is 11.8. The lowest BCUT2D eigenvalue weighted by atomic mass is 10.2. The van der Waals surface area contributed by atoms with E-state index in [1.807, 2.05) is 0 Å². The minimum Gasteiger partial charge on any atom is -0.497 e. The van der Waals surface area contributed by atoms with Crippen LogP contribution in [0.2, 0.25) is 0 Å². The highest BCUT2D eigenvalue weighted by Gasteiger charge is 2.04. The molecule has 0 fully saturated rings. The molecule has 4 heteroatoms. The molecule has 0 aliphatic heterocycles. The van der Waals surface area contributed by atoms with Gasteiger partial charge < -0.3 is 4.74 Å². The summed E-state index contributed by atoms with van der Waals surface area (Å²) in [6.07, 6.45) is 0.508. The van der Waals surface area contributed by atoms with E-state index in [4.69, 9.17) is 4.74 Å². The van der Waals surface area contributed by atoms with Crippen LogP contribution in [-0.4, -0.2) is 13.4 Å². The van der Waals surface area contributed by atoms with E-state index in [-0.39, 0.29) is 11.3 Å². The Balaban J connectivity index is 3.10.